The van der Waals surface area contributed by atoms with Crippen LogP contribution >= 0.6 is 11.6 Å². The molecule has 1 aliphatic rings. The van der Waals surface area contributed by atoms with Crippen LogP contribution in [0, 0.1) is 0 Å². The lowest BCUT2D eigenvalue weighted by Gasteiger charge is -2.33. The molecule has 0 fully saturated rings. The minimum Gasteiger partial charge on any atom is -0.477 e. The van der Waals surface area contributed by atoms with Crippen LogP contribution < -0.4 is 15.0 Å². The summed E-state index contributed by atoms with van der Waals surface area (Å²) in [7, 11) is 0. The van der Waals surface area contributed by atoms with Gasteiger partial charge in [0, 0.05) is 41.5 Å². The summed E-state index contributed by atoms with van der Waals surface area (Å²) in [5, 5.41) is 4.76. The maximum Gasteiger partial charge on any atom is 0.263 e. The molecule has 2 amide bonds. The van der Waals surface area contributed by atoms with Gasteiger partial charge in [0.05, 0.1) is 12.2 Å². The molecule has 5 rings (SSSR count). The van der Waals surface area contributed by atoms with E-state index in [1.807, 2.05) is 66.9 Å². The summed E-state index contributed by atoms with van der Waals surface area (Å²) in [6.45, 7) is 1.97. The van der Waals surface area contributed by atoms with Crippen LogP contribution in [0.2, 0.25) is 5.02 Å². The largest absolute Gasteiger partial charge is 0.477 e. The van der Waals surface area contributed by atoms with Crippen molar-refractivity contribution < 1.29 is 14.3 Å². The van der Waals surface area contributed by atoms with E-state index in [9.17, 15) is 9.59 Å². The van der Waals surface area contributed by atoms with Crippen molar-refractivity contribution in [2.75, 3.05) is 18.0 Å². The molecule has 0 aliphatic carbocycles. The maximum atomic E-state index is 13.2. The number of H-pyrrole nitrogens is 1. The summed E-state index contributed by atoms with van der Waals surface area (Å²) in [4.78, 5) is 30.3. The minimum absolute atomic E-state index is 0.138. The average molecular weight is 474 g/mol. The van der Waals surface area contributed by atoms with Gasteiger partial charge in [-0.3, -0.25) is 9.59 Å². The first-order valence-corrected chi connectivity index (χ1v) is 11.5. The number of amides is 2. The molecule has 6 nitrogen and oxygen atoms in total. The number of rotatable bonds is 5. The fourth-order valence-corrected chi connectivity index (χ4v) is 4.78. The zero-order valence-corrected chi connectivity index (χ0v) is 19.4. The lowest BCUT2D eigenvalue weighted by atomic mass is 9.90. The van der Waals surface area contributed by atoms with Crippen LogP contribution in [0.4, 0.5) is 5.69 Å². The number of hydrogen-bond donors (Lipinski definition) is 2. The fourth-order valence-electron chi connectivity index (χ4n) is 4.51. The topological polar surface area (TPSA) is 74.4 Å². The Labute approximate surface area is 202 Å². The number of fused-ring (bicyclic) bond motifs is 2. The zero-order valence-electron chi connectivity index (χ0n) is 18.6. The Balaban J connectivity index is 1.41. The first-order valence-electron chi connectivity index (χ1n) is 11.1. The quantitative estimate of drug-likeness (QED) is 0.433. The number of carbonyl (C=O) groups is 2. The number of carbonyl (C=O) groups excluding carboxylic acids is 2. The molecule has 2 heterocycles. The Hall–Kier alpha value is -3.77. The predicted octanol–water partition coefficient (Wildman–Crippen LogP) is 4.88. The first kappa shape index (κ1) is 22.0. The number of nitrogens with zero attached hydrogens (tertiary/aromatic N) is 1. The molecule has 0 bridgehead atoms. The second-order valence-electron chi connectivity index (χ2n) is 8.31. The van der Waals surface area contributed by atoms with E-state index in [0.717, 1.165) is 22.0 Å². The van der Waals surface area contributed by atoms with E-state index in [0.29, 0.717) is 23.0 Å². The van der Waals surface area contributed by atoms with Gasteiger partial charge in [-0.1, -0.05) is 60.1 Å². The van der Waals surface area contributed by atoms with Crippen LogP contribution in [0.1, 0.15) is 24.0 Å². The minimum atomic E-state index is -0.811. The second-order valence-corrected chi connectivity index (χ2v) is 8.72. The maximum absolute atomic E-state index is 13.2. The molecule has 0 unspecified atom stereocenters. The third kappa shape index (κ3) is 4.13. The molecule has 34 heavy (non-hydrogen) atoms. The van der Waals surface area contributed by atoms with Crippen LogP contribution in [0.25, 0.3) is 10.9 Å². The second kappa shape index (κ2) is 9.23. The number of aromatic amines is 1. The van der Waals surface area contributed by atoms with Crippen molar-refractivity contribution in [2.45, 2.75) is 18.9 Å². The van der Waals surface area contributed by atoms with Gasteiger partial charge in [-0.05, 0) is 35.4 Å². The van der Waals surface area contributed by atoms with Crippen LogP contribution in [0.15, 0.2) is 79.0 Å². The molecule has 3 aromatic carbocycles. The highest BCUT2D eigenvalue weighted by molar-refractivity contribution is 6.31. The van der Waals surface area contributed by atoms with Crippen molar-refractivity contribution in [2.24, 2.45) is 0 Å². The lowest BCUT2D eigenvalue weighted by Crippen LogP contribution is -2.50. The van der Waals surface area contributed by atoms with Gasteiger partial charge in [0.2, 0.25) is 5.91 Å². The predicted molar refractivity (Wildman–Crippen MR) is 133 cm³/mol. The Morgan fingerprint density at radius 1 is 1.06 bits per heavy atom. The monoisotopic (exact) mass is 473 g/mol. The van der Waals surface area contributed by atoms with E-state index in [1.54, 1.807) is 11.0 Å². The van der Waals surface area contributed by atoms with Gasteiger partial charge < -0.3 is 19.9 Å². The molecule has 7 heteroatoms. The van der Waals surface area contributed by atoms with E-state index in [1.165, 1.54) is 6.92 Å². The highest BCUT2D eigenvalue weighted by Gasteiger charge is 2.33. The molecule has 4 aromatic rings. The third-order valence-electron chi connectivity index (χ3n) is 6.20. The highest BCUT2D eigenvalue weighted by atomic mass is 35.5. The van der Waals surface area contributed by atoms with Gasteiger partial charge >= 0.3 is 0 Å². The summed E-state index contributed by atoms with van der Waals surface area (Å²) >= 11 is 6.57. The number of anilines is 1. The van der Waals surface area contributed by atoms with Crippen molar-refractivity contribution >= 4 is 40.0 Å². The standard InChI is InChI=1S/C27H24ClN3O3/c1-17(32)31-16-26(34-25-13-7-6-12-24(25)31)27(33)30-15-20(18-8-2-4-10-22(18)28)21-14-29-23-11-5-3-9-19(21)23/h2-14,20,26,29H,15-16H2,1H3,(H,30,33)/t20-,26+/m0/s1. The van der Waals surface area contributed by atoms with E-state index >= 15 is 0 Å². The Bertz CT molecular complexity index is 1370. The van der Waals surface area contributed by atoms with E-state index < -0.39 is 6.10 Å². The Morgan fingerprint density at radius 3 is 2.62 bits per heavy atom. The number of hydrogen-bond acceptors (Lipinski definition) is 3. The van der Waals surface area contributed by atoms with Gasteiger partial charge in [0.25, 0.3) is 5.91 Å². The lowest BCUT2D eigenvalue weighted by molar-refractivity contribution is -0.128. The van der Waals surface area contributed by atoms with Gasteiger partial charge in [-0.15, -0.1) is 0 Å². The van der Waals surface area contributed by atoms with Crippen LogP contribution in [0.3, 0.4) is 0 Å². The van der Waals surface area contributed by atoms with Crippen LogP contribution in [-0.2, 0) is 9.59 Å². The number of nitrogens with one attached hydrogen (secondary N) is 2. The van der Waals surface area contributed by atoms with Crippen molar-refractivity contribution in [3.05, 3.63) is 95.1 Å². The van der Waals surface area contributed by atoms with Crippen molar-refractivity contribution in [1.29, 1.82) is 0 Å². The van der Waals surface area contributed by atoms with E-state index in [2.05, 4.69) is 16.4 Å². The fraction of sp³-hybridized carbons (Fsp3) is 0.185. The Kier molecular flexibility index (Phi) is 5.99. The molecule has 0 radical (unpaired) electrons. The number of aromatic nitrogens is 1. The third-order valence-corrected chi connectivity index (χ3v) is 6.55. The van der Waals surface area contributed by atoms with Crippen LogP contribution in [-0.4, -0.2) is 36.0 Å². The van der Waals surface area contributed by atoms with Crippen LogP contribution in [0.5, 0.6) is 5.75 Å². The summed E-state index contributed by atoms with van der Waals surface area (Å²) in [6.07, 6.45) is 1.16. The number of para-hydroxylation sites is 3. The molecule has 2 N–H and O–H groups in total. The molecule has 0 spiro atoms. The first-order chi connectivity index (χ1) is 16.5. The molecule has 2 atom stereocenters. The molecular weight excluding hydrogens is 450 g/mol. The summed E-state index contributed by atoms with van der Waals surface area (Å²) in [6, 6.07) is 23.0. The van der Waals surface area contributed by atoms with Gasteiger partial charge in [-0.2, -0.15) is 0 Å². The van der Waals surface area contributed by atoms with Crippen molar-refractivity contribution in [3.63, 3.8) is 0 Å². The molecule has 1 aliphatic heterocycles. The molecule has 172 valence electrons. The summed E-state index contributed by atoms with van der Waals surface area (Å²) < 4.78 is 5.96. The zero-order chi connectivity index (χ0) is 23.7. The van der Waals surface area contributed by atoms with Gasteiger partial charge in [0.15, 0.2) is 6.10 Å². The smallest absolute Gasteiger partial charge is 0.263 e. The van der Waals surface area contributed by atoms with E-state index in [-0.39, 0.29) is 24.3 Å². The van der Waals surface area contributed by atoms with Crippen molar-refractivity contribution in [1.82, 2.24) is 10.3 Å². The normalized spacial score (nSPS) is 15.9. The summed E-state index contributed by atoms with van der Waals surface area (Å²) in [5.41, 5.74) is 3.66. The SMILES string of the molecule is CC(=O)N1C[C@H](C(=O)NC[C@@H](c2ccccc2Cl)c2c[nH]c3ccccc23)Oc2ccccc21. The number of ether oxygens (including phenoxy) is 1. The summed E-state index contributed by atoms with van der Waals surface area (Å²) in [5.74, 6) is -0.0732. The number of halogens is 1. The molecule has 0 saturated heterocycles. The highest BCUT2D eigenvalue weighted by Crippen LogP contribution is 2.35. The van der Waals surface area contributed by atoms with Gasteiger partial charge in [-0.25, -0.2) is 0 Å². The van der Waals surface area contributed by atoms with Crippen molar-refractivity contribution in [3.8, 4) is 5.75 Å². The molecule has 0 saturated carbocycles. The molecular formula is C27H24ClN3O3. The van der Waals surface area contributed by atoms with Gasteiger partial charge in [0.1, 0.15) is 5.75 Å². The molecule has 1 aromatic heterocycles. The van der Waals surface area contributed by atoms with E-state index in [4.69, 9.17) is 16.3 Å². The number of benzene rings is 3. The Morgan fingerprint density at radius 2 is 1.79 bits per heavy atom. The average Bonchev–Trinajstić information content (AvgIpc) is 3.28.